The van der Waals surface area contributed by atoms with Gasteiger partial charge in [-0.1, -0.05) is 39.3 Å². The Labute approximate surface area is 99.2 Å². The van der Waals surface area contributed by atoms with Crippen molar-refractivity contribution in [2.75, 3.05) is 0 Å². The summed E-state index contributed by atoms with van der Waals surface area (Å²) in [7, 11) is 2.00. The molecule has 3 nitrogen and oxygen atoms in total. The first-order valence-corrected chi connectivity index (χ1v) is 6.31. The number of unbranched alkanes of at least 4 members (excludes halogenated alkanes) is 1. The predicted octanol–water partition coefficient (Wildman–Crippen LogP) is 3.14. The third kappa shape index (κ3) is 3.95. The first-order chi connectivity index (χ1) is 7.44. The smallest absolute Gasteiger partial charge is 0.0859 e. The number of hydrogen-bond donors (Lipinski definition) is 0. The van der Waals surface area contributed by atoms with Crippen LogP contribution in [0.5, 0.6) is 0 Å². The van der Waals surface area contributed by atoms with Crippen LogP contribution in [0, 0.1) is 5.41 Å². The van der Waals surface area contributed by atoms with Gasteiger partial charge in [0.1, 0.15) is 0 Å². The number of rotatable bonds is 5. The second-order valence-corrected chi connectivity index (χ2v) is 5.77. The minimum absolute atomic E-state index is 0.375. The third-order valence-corrected chi connectivity index (χ3v) is 2.90. The standard InChI is InChI=1S/C13H25N3/c1-6-7-8-12-11(14-15-16(12)5)9-10-13(2,3)4/h6-10H2,1-5H3. The molecule has 0 atom stereocenters. The second-order valence-electron chi connectivity index (χ2n) is 5.77. The molecule has 0 N–H and O–H groups in total. The topological polar surface area (TPSA) is 30.7 Å². The van der Waals surface area contributed by atoms with Crippen molar-refractivity contribution in [2.24, 2.45) is 12.5 Å². The molecule has 0 aliphatic rings. The van der Waals surface area contributed by atoms with E-state index >= 15 is 0 Å². The maximum Gasteiger partial charge on any atom is 0.0859 e. The summed E-state index contributed by atoms with van der Waals surface area (Å²) >= 11 is 0. The molecule has 1 heterocycles. The zero-order valence-electron chi connectivity index (χ0n) is 11.4. The molecule has 0 fully saturated rings. The van der Waals surface area contributed by atoms with Gasteiger partial charge in [0.15, 0.2) is 0 Å². The van der Waals surface area contributed by atoms with Gasteiger partial charge in [0.05, 0.1) is 11.4 Å². The number of hydrogen-bond acceptors (Lipinski definition) is 2. The van der Waals surface area contributed by atoms with Crippen molar-refractivity contribution >= 4 is 0 Å². The van der Waals surface area contributed by atoms with E-state index in [4.69, 9.17) is 0 Å². The number of nitrogens with zero attached hydrogens (tertiary/aromatic N) is 3. The lowest BCUT2D eigenvalue weighted by molar-refractivity contribution is 0.376. The summed E-state index contributed by atoms with van der Waals surface area (Å²) in [6.07, 6.45) is 5.79. The Bertz CT molecular complexity index is 320. The Balaban J connectivity index is 2.65. The van der Waals surface area contributed by atoms with Crippen LogP contribution >= 0.6 is 0 Å². The van der Waals surface area contributed by atoms with Gasteiger partial charge in [-0.05, 0) is 31.1 Å². The third-order valence-electron chi connectivity index (χ3n) is 2.90. The monoisotopic (exact) mass is 223 g/mol. The van der Waals surface area contributed by atoms with E-state index in [-0.39, 0.29) is 0 Å². The predicted molar refractivity (Wildman–Crippen MR) is 67.4 cm³/mol. The highest BCUT2D eigenvalue weighted by atomic mass is 15.4. The van der Waals surface area contributed by atoms with E-state index in [2.05, 4.69) is 38.0 Å². The Morgan fingerprint density at radius 3 is 2.44 bits per heavy atom. The summed E-state index contributed by atoms with van der Waals surface area (Å²) in [5.41, 5.74) is 2.90. The van der Waals surface area contributed by atoms with Crippen molar-refractivity contribution in [3.63, 3.8) is 0 Å². The largest absolute Gasteiger partial charge is 0.252 e. The molecule has 0 aliphatic carbocycles. The van der Waals surface area contributed by atoms with E-state index < -0.39 is 0 Å². The van der Waals surface area contributed by atoms with E-state index in [9.17, 15) is 0 Å². The van der Waals surface area contributed by atoms with Crippen LogP contribution in [0.15, 0.2) is 0 Å². The lowest BCUT2D eigenvalue weighted by atomic mass is 9.89. The van der Waals surface area contributed by atoms with Gasteiger partial charge in [-0.25, -0.2) is 0 Å². The van der Waals surface area contributed by atoms with E-state index in [1.54, 1.807) is 0 Å². The van der Waals surface area contributed by atoms with Crippen molar-refractivity contribution < 1.29 is 0 Å². The fraction of sp³-hybridized carbons (Fsp3) is 0.846. The molecule has 92 valence electrons. The highest BCUT2D eigenvalue weighted by Gasteiger charge is 2.15. The maximum absolute atomic E-state index is 4.28. The van der Waals surface area contributed by atoms with Gasteiger partial charge >= 0.3 is 0 Å². The molecule has 0 spiro atoms. The zero-order valence-corrected chi connectivity index (χ0v) is 11.4. The first-order valence-electron chi connectivity index (χ1n) is 6.31. The van der Waals surface area contributed by atoms with E-state index in [0.717, 1.165) is 12.8 Å². The van der Waals surface area contributed by atoms with Crippen LogP contribution in [0.25, 0.3) is 0 Å². The van der Waals surface area contributed by atoms with Gasteiger partial charge in [-0.15, -0.1) is 5.10 Å². The van der Waals surface area contributed by atoms with Crippen molar-refractivity contribution in [3.8, 4) is 0 Å². The SMILES string of the molecule is CCCCc1c(CCC(C)(C)C)nnn1C. The molecule has 0 bridgehead atoms. The van der Waals surface area contributed by atoms with E-state index in [1.807, 2.05) is 11.7 Å². The average Bonchev–Trinajstić information content (AvgIpc) is 2.52. The van der Waals surface area contributed by atoms with Crippen LogP contribution in [0.4, 0.5) is 0 Å². The molecule has 0 aromatic carbocycles. The molecule has 1 rings (SSSR count). The maximum atomic E-state index is 4.28. The molecule has 0 amide bonds. The van der Waals surface area contributed by atoms with Crippen LogP contribution in [0.3, 0.4) is 0 Å². The molecule has 0 saturated carbocycles. The highest BCUT2D eigenvalue weighted by molar-refractivity contribution is 5.10. The second kappa shape index (κ2) is 5.46. The van der Waals surface area contributed by atoms with Crippen molar-refractivity contribution in [1.29, 1.82) is 0 Å². The molecular weight excluding hydrogens is 198 g/mol. The van der Waals surface area contributed by atoms with Gasteiger partial charge in [0.25, 0.3) is 0 Å². The minimum Gasteiger partial charge on any atom is -0.252 e. The Morgan fingerprint density at radius 1 is 1.19 bits per heavy atom. The molecule has 1 aromatic rings. The molecular formula is C13H25N3. The van der Waals surface area contributed by atoms with E-state index in [0.29, 0.717) is 5.41 Å². The molecule has 3 heteroatoms. The van der Waals surface area contributed by atoms with E-state index in [1.165, 1.54) is 30.7 Å². The molecule has 0 unspecified atom stereocenters. The molecule has 1 aromatic heterocycles. The van der Waals surface area contributed by atoms with Crippen LogP contribution in [0.2, 0.25) is 0 Å². The summed E-state index contributed by atoms with van der Waals surface area (Å²) in [5.74, 6) is 0. The lowest BCUT2D eigenvalue weighted by Gasteiger charge is -2.17. The van der Waals surface area contributed by atoms with Crippen LogP contribution in [-0.4, -0.2) is 15.0 Å². The number of aryl methyl sites for hydroxylation is 2. The van der Waals surface area contributed by atoms with Gasteiger partial charge in [0.2, 0.25) is 0 Å². The average molecular weight is 223 g/mol. The van der Waals surface area contributed by atoms with Crippen LogP contribution in [-0.2, 0) is 19.9 Å². The normalized spacial score (nSPS) is 12.1. The van der Waals surface area contributed by atoms with Crippen molar-refractivity contribution in [3.05, 3.63) is 11.4 Å². The highest BCUT2D eigenvalue weighted by Crippen LogP contribution is 2.22. The summed E-state index contributed by atoms with van der Waals surface area (Å²) in [4.78, 5) is 0. The zero-order chi connectivity index (χ0) is 12.2. The van der Waals surface area contributed by atoms with Gasteiger partial charge in [-0.2, -0.15) is 0 Å². The number of aromatic nitrogens is 3. The minimum atomic E-state index is 0.375. The Kier molecular flexibility index (Phi) is 4.51. The van der Waals surface area contributed by atoms with Gasteiger partial charge in [-0.3, -0.25) is 4.68 Å². The van der Waals surface area contributed by atoms with Crippen LogP contribution in [0.1, 0.15) is 58.3 Å². The van der Waals surface area contributed by atoms with Gasteiger partial charge < -0.3 is 0 Å². The summed E-state index contributed by atoms with van der Waals surface area (Å²) in [6.45, 7) is 9.04. The summed E-state index contributed by atoms with van der Waals surface area (Å²) in [5, 5.41) is 8.42. The lowest BCUT2D eigenvalue weighted by Crippen LogP contribution is -2.08. The molecule has 16 heavy (non-hydrogen) atoms. The first kappa shape index (κ1) is 13.2. The fourth-order valence-corrected chi connectivity index (χ4v) is 1.76. The molecule has 0 radical (unpaired) electrons. The fourth-order valence-electron chi connectivity index (χ4n) is 1.76. The quantitative estimate of drug-likeness (QED) is 0.767. The summed E-state index contributed by atoms with van der Waals surface area (Å²) in [6, 6.07) is 0. The Hall–Kier alpha value is -0.860. The Morgan fingerprint density at radius 2 is 1.88 bits per heavy atom. The van der Waals surface area contributed by atoms with Crippen molar-refractivity contribution in [2.45, 2.75) is 59.8 Å². The summed E-state index contributed by atoms with van der Waals surface area (Å²) < 4.78 is 1.94. The molecule has 0 saturated heterocycles. The van der Waals surface area contributed by atoms with Gasteiger partial charge in [0, 0.05) is 7.05 Å². The molecule has 0 aliphatic heterocycles. The van der Waals surface area contributed by atoms with Crippen LogP contribution < -0.4 is 0 Å². The van der Waals surface area contributed by atoms with Crippen molar-refractivity contribution in [1.82, 2.24) is 15.0 Å².